The molecule has 4 nitrogen and oxygen atoms in total. The van der Waals surface area contributed by atoms with Crippen LogP contribution >= 0.6 is 11.8 Å². The molecule has 0 aliphatic carbocycles. The average molecular weight is 287 g/mol. The highest BCUT2D eigenvalue weighted by molar-refractivity contribution is 7.99. The van der Waals surface area contributed by atoms with Crippen LogP contribution in [0.1, 0.15) is 5.56 Å². The molecule has 0 fully saturated rings. The van der Waals surface area contributed by atoms with Crippen LogP contribution in [0, 0.1) is 12.3 Å². The molecule has 0 unspecified atom stereocenters. The molecule has 5 heteroatoms. The normalized spacial score (nSPS) is 9.90. The molecule has 0 spiro atoms. The maximum Gasteiger partial charge on any atom is 0.430 e. The van der Waals surface area contributed by atoms with E-state index in [1.165, 1.54) is 12.7 Å². The number of hydrogen-bond donors (Lipinski definition) is 0. The van der Waals surface area contributed by atoms with Crippen LogP contribution in [0.4, 0.5) is 5.69 Å². The molecule has 0 bridgehead atoms. The number of methoxy groups -OCH3 is 2. The lowest BCUT2D eigenvalue weighted by Gasteiger charge is -2.08. The molecule has 2 aromatic carbocycles. The number of benzene rings is 2. The Hall–Kier alpha value is -2.19. The van der Waals surface area contributed by atoms with Crippen molar-refractivity contribution in [3.63, 3.8) is 0 Å². The highest BCUT2D eigenvalue weighted by atomic mass is 32.2. The van der Waals surface area contributed by atoms with Gasteiger partial charge in [0.15, 0.2) is 4.98 Å². The van der Waals surface area contributed by atoms with E-state index < -0.39 is 0 Å². The standard InChI is InChI=1S/C15H15N2O2S/c1-10-4-6-11(7-5-10)20-15-9-13(18-2)12(17-16)8-14(15)19-3/h4-9H,1-3H3/q+1. The molecule has 0 saturated carbocycles. The average Bonchev–Trinajstić information content (AvgIpc) is 2.49. The maximum atomic E-state index is 8.96. The number of ether oxygens (including phenoxy) is 2. The molecule has 2 aromatic rings. The minimum atomic E-state index is 0.345. The van der Waals surface area contributed by atoms with E-state index >= 15 is 0 Å². The molecule has 0 aromatic heterocycles. The van der Waals surface area contributed by atoms with Gasteiger partial charge < -0.3 is 9.47 Å². The van der Waals surface area contributed by atoms with Crippen LogP contribution in [0.2, 0.25) is 0 Å². The molecule has 0 aliphatic heterocycles. The second-order valence-electron chi connectivity index (χ2n) is 4.19. The topological polar surface area (TPSA) is 46.6 Å². The van der Waals surface area contributed by atoms with E-state index in [0.29, 0.717) is 17.2 Å². The van der Waals surface area contributed by atoms with Crippen molar-refractivity contribution in [2.24, 2.45) is 0 Å². The molecule has 0 atom stereocenters. The Balaban J connectivity index is 2.40. The van der Waals surface area contributed by atoms with Crippen molar-refractivity contribution < 1.29 is 9.47 Å². The Labute approximate surface area is 122 Å². The van der Waals surface area contributed by atoms with Crippen LogP contribution < -0.4 is 9.47 Å². The van der Waals surface area contributed by atoms with Crippen molar-refractivity contribution in [2.75, 3.05) is 14.2 Å². The summed E-state index contributed by atoms with van der Waals surface area (Å²) < 4.78 is 10.5. The summed E-state index contributed by atoms with van der Waals surface area (Å²) in [5.41, 5.74) is 1.56. The van der Waals surface area contributed by atoms with Crippen molar-refractivity contribution in [1.82, 2.24) is 0 Å². The second-order valence-corrected chi connectivity index (χ2v) is 5.31. The Morgan fingerprint density at radius 3 is 2.20 bits per heavy atom. The monoisotopic (exact) mass is 287 g/mol. The van der Waals surface area contributed by atoms with E-state index in [-0.39, 0.29) is 0 Å². The van der Waals surface area contributed by atoms with Gasteiger partial charge >= 0.3 is 5.69 Å². The van der Waals surface area contributed by atoms with Gasteiger partial charge in [-0.25, -0.2) is 0 Å². The molecule has 0 N–H and O–H groups in total. The van der Waals surface area contributed by atoms with E-state index in [9.17, 15) is 0 Å². The molecule has 2 rings (SSSR count). The van der Waals surface area contributed by atoms with E-state index in [2.05, 4.69) is 36.2 Å². The van der Waals surface area contributed by atoms with Gasteiger partial charge in [0.05, 0.1) is 25.2 Å². The smallest absolute Gasteiger partial charge is 0.430 e. The third-order valence-electron chi connectivity index (χ3n) is 2.82. The second kappa shape index (κ2) is 6.31. The summed E-state index contributed by atoms with van der Waals surface area (Å²) in [7, 11) is 3.12. The molecule has 20 heavy (non-hydrogen) atoms. The van der Waals surface area contributed by atoms with Crippen molar-refractivity contribution >= 4 is 17.4 Å². The third kappa shape index (κ3) is 3.03. The lowest BCUT2D eigenvalue weighted by molar-refractivity contribution is 0.396. The summed E-state index contributed by atoms with van der Waals surface area (Å²) >= 11 is 1.57. The summed E-state index contributed by atoms with van der Waals surface area (Å²) in [6.07, 6.45) is 0. The highest BCUT2D eigenvalue weighted by Gasteiger charge is 2.20. The van der Waals surface area contributed by atoms with E-state index in [1.54, 1.807) is 31.0 Å². The van der Waals surface area contributed by atoms with Gasteiger partial charge in [0, 0.05) is 11.0 Å². The van der Waals surface area contributed by atoms with E-state index in [1.807, 2.05) is 0 Å². The van der Waals surface area contributed by atoms with Crippen LogP contribution in [0.25, 0.3) is 4.98 Å². The number of aryl methyl sites for hydroxylation is 1. The van der Waals surface area contributed by atoms with Crippen molar-refractivity contribution in [1.29, 1.82) is 5.39 Å². The first-order chi connectivity index (χ1) is 9.67. The molecule has 0 heterocycles. The van der Waals surface area contributed by atoms with Gasteiger partial charge in [0.2, 0.25) is 11.1 Å². The molecular weight excluding hydrogens is 272 g/mol. The minimum Gasteiger partial charge on any atom is -0.495 e. The summed E-state index contributed by atoms with van der Waals surface area (Å²) in [6, 6.07) is 11.7. The number of rotatable bonds is 4. The first-order valence-corrected chi connectivity index (χ1v) is 6.85. The summed E-state index contributed by atoms with van der Waals surface area (Å²) in [5, 5.41) is 8.96. The zero-order valence-electron chi connectivity index (χ0n) is 11.6. The molecule has 0 radical (unpaired) electrons. The molecule has 102 valence electrons. The van der Waals surface area contributed by atoms with Crippen LogP contribution in [0.15, 0.2) is 46.2 Å². The fourth-order valence-corrected chi connectivity index (χ4v) is 2.68. The summed E-state index contributed by atoms with van der Waals surface area (Å²) in [4.78, 5) is 5.20. The quantitative estimate of drug-likeness (QED) is 0.768. The van der Waals surface area contributed by atoms with Gasteiger partial charge in [0.25, 0.3) is 0 Å². The lowest BCUT2D eigenvalue weighted by atomic mass is 10.2. The first-order valence-electron chi connectivity index (χ1n) is 6.03. The Bertz CT molecular complexity index is 648. The molecule has 0 amide bonds. The fourth-order valence-electron chi connectivity index (χ4n) is 1.74. The zero-order chi connectivity index (χ0) is 14.5. The van der Waals surface area contributed by atoms with Crippen LogP contribution in [-0.2, 0) is 0 Å². The van der Waals surface area contributed by atoms with Gasteiger partial charge in [-0.1, -0.05) is 29.5 Å². The maximum absolute atomic E-state index is 8.96. The molecular formula is C15H15N2O2S+. The summed E-state index contributed by atoms with van der Waals surface area (Å²) in [5.74, 6) is 1.15. The largest absolute Gasteiger partial charge is 0.495 e. The number of nitrogens with zero attached hydrogens (tertiary/aromatic N) is 2. The van der Waals surface area contributed by atoms with Crippen molar-refractivity contribution in [3.05, 3.63) is 46.9 Å². The zero-order valence-corrected chi connectivity index (χ0v) is 12.4. The summed E-state index contributed by atoms with van der Waals surface area (Å²) in [6.45, 7) is 2.05. The van der Waals surface area contributed by atoms with Crippen LogP contribution in [0.3, 0.4) is 0 Å². The molecule has 0 aliphatic rings. The predicted octanol–water partition coefficient (Wildman–Crippen LogP) is 4.65. The van der Waals surface area contributed by atoms with Gasteiger partial charge in [0.1, 0.15) is 5.75 Å². The van der Waals surface area contributed by atoms with Crippen molar-refractivity contribution in [3.8, 4) is 11.5 Å². The van der Waals surface area contributed by atoms with Crippen LogP contribution in [-0.4, -0.2) is 14.2 Å². The van der Waals surface area contributed by atoms with Gasteiger partial charge in [-0.3, -0.25) is 0 Å². The number of diazo groups is 1. The fraction of sp³-hybridized carbons (Fsp3) is 0.200. The predicted molar refractivity (Wildman–Crippen MR) is 79.6 cm³/mol. The minimum absolute atomic E-state index is 0.345. The molecule has 0 saturated heterocycles. The SMILES string of the molecule is COc1cc(Sc2ccc(C)cc2)c(OC)cc1[N+]#N. The van der Waals surface area contributed by atoms with E-state index in [0.717, 1.165) is 9.79 Å². The van der Waals surface area contributed by atoms with Crippen LogP contribution in [0.5, 0.6) is 11.5 Å². The highest BCUT2D eigenvalue weighted by Crippen LogP contribution is 2.42. The van der Waals surface area contributed by atoms with Gasteiger partial charge in [-0.05, 0) is 19.1 Å². The Kier molecular flexibility index (Phi) is 4.49. The van der Waals surface area contributed by atoms with Crippen molar-refractivity contribution in [2.45, 2.75) is 16.7 Å². The Morgan fingerprint density at radius 1 is 1.00 bits per heavy atom. The first kappa shape index (κ1) is 14.2. The third-order valence-corrected chi connectivity index (χ3v) is 3.87. The Morgan fingerprint density at radius 2 is 1.65 bits per heavy atom. The lowest BCUT2D eigenvalue weighted by Crippen LogP contribution is -1.89. The van der Waals surface area contributed by atoms with E-state index in [4.69, 9.17) is 14.9 Å². The van der Waals surface area contributed by atoms with Gasteiger partial charge in [-0.15, -0.1) is 0 Å². The number of hydrogen-bond acceptors (Lipinski definition) is 4. The van der Waals surface area contributed by atoms with Gasteiger partial charge in [-0.2, -0.15) is 0 Å².